The fraction of sp³-hybridized carbons (Fsp3) is 0.958. The maximum absolute atomic E-state index is 12.0. The smallest absolute Gasteiger partial charge is 0.409 e. The van der Waals surface area contributed by atoms with Crippen molar-refractivity contribution in [2.45, 2.75) is 95.6 Å². The zero-order valence-electron chi connectivity index (χ0n) is 19.3. The monoisotopic (exact) mass is 434 g/mol. The number of piperidine rings is 1. The first-order chi connectivity index (χ1) is 15.1. The van der Waals surface area contributed by atoms with Gasteiger partial charge in [0.2, 0.25) is 0 Å². The first-order valence-corrected chi connectivity index (χ1v) is 12.9. The van der Waals surface area contributed by atoms with Gasteiger partial charge in [0.1, 0.15) is 0 Å². The standard InChI is InChI=1S/C24H42N4O3/c1-2-31-23(30)27-14-10-24(17-27)15-20(16-24)26-12-8-18(9-13-26)21-7-4-11-28(21)22(29)25-19-5-3-6-19/h18-22,25,29H,2-17H2,1H3. The number of amides is 1. The molecule has 0 radical (unpaired) electrons. The van der Waals surface area contributed by atoms with E-state index in [1.807, 2.05) is 11.8 Å². The van der Waals surface area contributed by atoms with Crippen LogP contribution in [0.3, 0.4) is 0 Å². The summed E-state index contributed by atoms with van der Waals surface area (Å²) in [6, 6.07) is 1.78. The van der Waals surface area contributed by atoms with E-state index >= 15 is 0 Å². The van der Waals surface area contributed by atoms with Crippen molar-refractivity contribution in [1.29, 1.82) is 0 Å². The van der Waals surface area contributed by atoms with E-state index in [1.54, 1.807) is 0 Å². The lowest BCUT2D eigenvalue weighted by atomic mass is 9.64. The third-order valence-corrected chi connectivity index (χ3v) is 9.08. The molecule has 2 N–H and O–H groups in total. The number of carbonyl (C=O) groups excluding carboxylic acids is 1. The number of aliphatic hydroxyl groups is 1. The molecule has 7 heteroatoms. The van der Waals surface area contributed by atoms with Gasteiger partial charge in [-0.05, 0) is 89.1 Å². The molecule has 31 heavy (non-hydrogen) atoms. The summed E-state index contributed by atoms with van der Waals surface area (Å²) in [5.74, 6) is 0.719. The number of hydrogen-bond acceptors (Lipinski definition) is 6. The number of aliphatic hydroxyl groups excluding tert-OH is 1. The van der Waals surface area contributed by atoms with Gasteiger partial charge in [-0.15, -0.1) is 0 Å². The van der Waals surface area contributed by atoms with E-state index in [1.165, 1.54) is 70.9 Å². The first-order valence-electron chi connectivity index (χ1n) is 12.9. The molecule has 176 valence electrons. The summed E-state index contributed by atoms with van der Waals surface area (Å²) in [7, 11) is 0. The van der Waals surface area contributed by atoms with Crippen molar-refractivity contribution in [3.05, 3.63) is 0 Å². The number of carbonyl (C=O) groups is 1. The molecule has 0 bridgehead atoms. The molecule has 3 heterocycles. The first kappa shape index (κ1) is 21.9. The summed E-state index contributed by atoms with van der Waals surface area (Å²) in [6.45, 7) is 7.53. The largest absolute Gasteiger partial charge is 0.450 e. The zero-order chi connectivity index (χ0) is 21.4. The van der Waals surface area contributed by atoms with Crippen LogP contribution in [0.25, 0.3) is 0 Å². The van der Waals surface area contributed by atoms with Crippen LogP contribution in [0.2, 0.25) is 0 Å². The molecule has 0 aromatic carbocycles. The third-order valence-electron chi connectivity index (χ3n) is 9.08. The topological polar surface area (TPSA) is 68.3 Å². The van der Waals surface area contributed by atoms with E-state index in [0.717, 1.165) is 32.0 Å². The van der Waals surface area contributed by atoms with Gasteiger partial charge < -0.3 is 19.6 Å². The Morgan fingerprint density at radius 1 is 1.10 bits per heavy atom. The molecule has 2 unspecified atom stereocenters. The van der Waals surface area contributed by atoms with E-state index in [0.29, 0.717) is 30.1 Å². The Morgan fingerprint density at radius 2 is 1.87 bits per heavy atom. The lowest BCUT2D eigenvalue weighted by molar-refractivity contribution is -0.0671. The summed E-state index contributed by atoms with van der Waals surface area (Å²) >= 11 is 0. The Kier molecular flexibility index (Phi) is 6.48. The molecule has 1 spiro atoms. The number of likely N-dealkylation sites (tertiary alicyclic amines) is 3. The minimum absolute atomic E-state index is 0.126. The highest BCUT2D eigenvalue weighted by molar-refractivity contribution is 5.68. The maximum atomic E-state index is 12.0. The van der Waals surface area contributed by atoms with Crippen molar-refractivity contribution >= 4 is 6.09 Å². The summed E-state index contributed by atoms with van der Waals surface area (Å²) in [5, 5.41) is 14.2. The van der Waals surface area contributed by atoms with Gasteiger partial charge in [0.05, 0.1) is 6.61 Å². The molecular weight excluding hydrogens is 392 g/mol. The second-order valence-electron chi connectivity index (χ2n) is 10.9. The maximum Gasteiger partial charge on any atom is 0.409 e. The van der Waals surface area contributed by atoms with Crippen LogP contribution in [-0.4, -0.2) is 89.7 Å². The zero-order valence-corrected chi connectivity index (χ0v) is 19.3. The number of nitrogens with zero attached hydrogens (tertiary/aromatic N) is 3. The summed E-state index contributed by atoms with van der Waals surface area (Å²) in [6.07, 6.45) is 11.8. The Labute approximate surface area is 187 Å². The molecule has 2 saturated carbocycles. The quantitative estimate of drug-likeness (QED) is 0.627. The van der Waals surface area contributed by atoms with Gasteiger partial charge in [0.15, 0.2) is 6.35 Å². The molecule has 3 saturated heterocycles. The van der Waals surface area contributed by atoms with Crippen LogP contribution in [0.4, 0.5) is 4.79 Å². The van der Waals surface area contributed by atoms with Gasteiger partial charge in [-0.1, -0.05) is 6.42 Å². The highest BCUT2D eigenvalue weighted by Crippen LogP contribution is 2.51. The highest BCUT2D eigenvalue weighted by Gasteiger charge is 2.51. The molecule has 5 aliphatic rings. The van der Waals surface area contributed by atoms with Crippen LogP contribution in [0.15, 0.2) is 0 Å². The molecule has 0 aromatic heterocycles. The second kappa shape index (κ2) is 9.16. The summed E-state index contributed by atoms with van der Waals surface area (Å²) in [5.41, 5.74) is 0.355. The molecule has 5 rings (SSSR count). The number of hydrogen-bond donors (Lipinski definition) is 2. The molecule has 7 nitrogen and oxygen atoms in total. The minimum atomic E-state index is -0.452. The molecule has 3 aliphatic heterocycles. The average Bonchev–Trinajstić information content (AvgIpc) is 3.37. The lowest BCUT2D eigenvalue weighted by Gasteiger charge is -2.52. The SMILES string of the molecule is CCOC(=O)N1CCC2(CC(N3CCC(C4CCCN4C(O)NC4CCC4)CC3)C2)C1. The Morgan fingerprint density at radius 3 is 2.55 bits per heavy atom. The van der Waals surface area contributed by atoms with Gasteiger partial charge in [0, 0.05) is 37.8 Å². The Hall–Kier alpha value is -0.890. The molecule has 2 atom stereocenters. The molecular formula is C24H42N4O3. The van der Waals surface area contributed by atoms with Gasteiger partial charge >= 0.3 is 6.09 Å². The van der Waals surface area contributed by atoms with E-state index in [4.69, 9.17) is 4.74 Å². The van der Waals surface area contributed by atoms with Crippen LogP contribution in [0, 0.1) is 11.3 Å². The molecule has 5 fully saturated rings. The van der Waals surface area contributed by atoms with E-state index in [9.17, 15) is 9.90 Å². The Bertz CT molecular complexity index is 628. The van der Waals surface area contributed by atoms with Crippen molar-refractivity contribution in [3.8, 4) is 0 Å². The summed E-state index contributed by atoms with van der Waals surface area (Å²) < 4.78 is 5.20. The predicted molar refractivity (Wildman–Crippen MR) is 119 cm³/mol. The van der Waals surface area contributed by atoms with Crippen LogP contribution in [-0.2, 0) is 4.74 Å². The number of ether oxygens (including phenoxy) is 1. The minimum Gasteiger partial charge on any atom is -0.450 e. The average molecular weight is 435 g/mol. The van der Waals surface area contributed by atoms with Crippen molar-refractivity contribution in [3.63, 3.8) is 0 Å². The van der Waals surface area contributed by atoms with Crippen LogP contribution >= 0.6 is 0 Å². The number of rotatable bonds is 6. The molecule has 2 aliphatic carbocycles. The van der Waals surface area contributed by atoms with E-state index in [2.05, 4.69) is 15.1 Å². The van der Waals surface area contributed by atoms with Gasteiger partial charge in [0.25, 0.3) is 0 Å². The van der Waals surface area contributed by atoms with Crippen molar-refractivity contribution in [2.24, 2.45) is 11.3 Å². The summed E-state index contributed by atoms with van der Waals surface area (Å²) in [4.78, 5) is 19.0. The van der Waals surface area contributed by atoms with E-state index < -0.39 is 6.35 Å². The fourth-order valence-corrected chi connectivity index (χ4v) is 7.01. The normalized spacial score (nSPS) is 36.5. The Balaban J connectivity index is 1.06. The van der Waals surface area contributed by atoms with E-state index in [-0.39, 0.29) is 6.09 Å². The molecule has 0 aromatic rings. The van der Waals surface area contributed by atoms with Crippen LogP contribution < -0.4 is 5.32 Å². The van der Waals surface area contributed by atoms with Gasteiger partial charge in [-0.3, -0.25) is 10.2 Å². The van der Waals surface area contributed by atoms with Crippen LogP contribution in [0.5, 0.6) is 0 Å². The van der Waals surface area contributed by atoms with Gasteiger partial charge in [-0.2, -0.15) is 0 Å². The van der Waals surface area contributed by atoms with Crippen LogP contribution in [0.1, 0.15) is 71.1 Å². The highest BCUT2D eigenvalue weighted by atomic mass is 16.6. The second-order valence-corrected chi connectivity index (χ2v) is 10.9. The third kappa shape index (κ3) is 4.48. The van der Waals surface area contributed by atoms with Crippen molar-refractivity contribution in [1.82, 2.24) is 20.0 Å². The van der Waals surface area contributed by atoms with Gasteiger partial charge in [-0.25, -0.2) is 4.79 Å². The lowest BCUT2D eigenvalue weighted by Crippen LogP contribution is -2.57. The fourth-order valence-electron chi connectivity index (χ4n) is 7.01. The molecule has 1 amide bonds. The van der Waals surface area contributed by atoms with Crippen molar-refractivity contribution in [2.75, 3.05) is 39.3 Å². The number of nitrogens with one attached hydrogen (secondary N) is 1. The predicted octanol–water partition coefficient (Wildman–Crippen LogP) is 2.59. The van der Waals surface area contributed by atoms with Crippen molar-refractivity contribution < 1.29 is 14.6 Å².